The van der Waals surface area contributed by atoms with Crippen LogP contribution in [0, 0.1) is 11.8 Å². The van der Waals surface area contributed by atoms with Crippen molar-refractivity contribution in [2.75, 3.05) is 26.9 Å². The first-order chi connectivity index (χ1) is 19.8. The van der Waals surface area contributed by atoms with E-state index >= 15 is 0 Å². The second-order valence-corrected chi connectivity index (χ2v) is 13.5. The summed E-state index contributed by atoms with van der Waals surface area (Å²) >= 11 is 0. The normalized spacial score (nSPS) is 26.6. The van der Waals surface area contributed by atoms with Gasteiger partial charge in [0.15, 0.2) is 5.78 Å². The third-order valence-corrected chi connectivity index (χ3v) is 9.25. The predicted octanol–water partition coefficient (Wildman–Crippen LogP) is 4.28. The molecule has 2 bridgehead atoms. The summed E-state index contributed by atoms with van der Waals surface area (Å²) in [5, 5.41) is 2.80. The highest BCUT2D eigenvalue weighted by atomic mass is 31.2. The molecule has 4 rings (SSSR count). The standard InChI is InChI=1S/C30H47N2O9P/c1-8-26(33)40-29(20(2)3)41-42(36,31-25(28(35)39-21(4)5)17-23-12-10-9-11-13-23)38-19-30(18-37-7)27(34)24-14-15-32(30)22(6)16-24/h9-13,20-22,24-25,29H,8,14-19H2,1-7H3,(H,31,36)/t22-,24+,25-,29-,30+,42?/m0/s1. The second-order valence-electron chi connectivity index (χ2n) is 11.8. The number of methoxy groups -OCH3 is 1. The fraction of sp³-hybridized carbons (Fsp3) is 0.700. The number of carbonyl (C=O) groups is 3. The van der Waals surface area contributed by atoms with E-state index in [1.807, 2.05) is 37.3 Å². The van der Waals surface area contributed by atoms with Gasteiger partial charge < -0.3 is 14.2 Å². The molecule has 3 aliphatic rings. The molecule has 0 saturated carbocycles. The lowest BCUT2D eigenvalue weighted by Gasteiger charge is -2.55. The van der Waals surface area contributed by atoms with Crippen LogP contribution < -0.4 is 5.09 Å². The van der Waals surface area contributed by atoms with Crippen molar-refractivity contribution in [2.45, 2.75) is 97.2 Å². The van der Waals surface area contributed by atoms with E-state index in [1.54, 1.807) is 34.6 Å². The number of fused-ring (bicyclic) bond motifs is 3. The Morgan fingerprint density at radius 2 is 1.81 bits per heavy atom. The quantitative estimate of drug-likeness (QED) is 0.164. The number of piperidine rings is 3. The lowest BCUT2D eigenvalue weighted by Crippen LogP contribution is -2.71. The van der Waals surface area contributed by atoms with Crippen molar-refractivity contribution in [1.29, 1.82) is 0 Å². The molecule has 11 nitrogen and oxygen atoms in total. The molecule has 236 valence electrons. The summed E-state index contributed by atoms with van der Waals surface area (Å²) in [6, 6.07) is 8.15. The smallest absolute Gasteiger partial charge is 0.409 e. The molecule has 1 aromatic carbocycles. The monoisotopic (exact) mass is 610 g/mol. The molecule has 2 unspecified atom stereocenters. The van der Waals surface area contributed by atoms with Crippen LogP contribution in [0.25, 0.3) is 0 Å². The highest BCUT2D eigenvalue weighted by Gasteiger charge is 2.57. The van der Waals surface area contributed by atoms with Gasteiger partial charge >= 0.3 is 19.7 Å². The van der Waals surface area contributed by atoms with E-state index in [9.17, 15) is 18.9 Å². The summed E-state index contributed by atoms with van der Waals surface area (Å²) in [7, 11) is -2.94. The van der Waals surface area contributed by atoms with Crippen molar-refractivity contribution in [3.05, 3.63) is 35.9 Å². The lowest BCUT2D eigenvalue weighted by atomic mass is 9.71. The Morgan fingerprint density at radius 1 is 1.12 bits per heavy atom. The number of esters is 2. The SMILES string of the molecule is CCC(=O)O[C@@H](OP(=O)(N[C@@H](Cc1ccccc1)C(=O)OC(C)C)OC[C@]1(COC)C(=O)[C@@H]2CCN1[C@@H](C)C2)C(C)C. The summed E-state index contributed by atoms with van der Waals surface area (Å²) in [6.07, 6.45) is 0.00988. The van der Waals surface area contributed by atoms with Gasteiger partial charge in [0.25, 0.3) is 0 Å². The summed E-state index contributed by atoms with van der Waals surface area (Å²) in [5.74, 6) is -1.78. The molecule has 1 aromatic rings. The maximum Gasteiger partial charge on any atom is 0.409 e. The summed E-state index contributed by atoms with van der Waals surface area (Å²) in [6.45, 7) is 11.0. The van der Waals surface area contributed by atoms with Gasteiger partial charge in [-0.1, -0.05) is 51.1 Å². The molecule has 0 radical (unpaired) electrons. The first kappa shape index (κ1) is 34.4. The first-order valence-corrected chi connectivity index (χ1v) is 16.3. The molecular formula is C30H47N2O9P. The van der Waals surface area contributed by atoms with Crippen LogP contribution in [0.4, 0.5) is 0 Å². The molecule has 0 amide bonds. The number of Topliss-reactive ketones (excluding diaryl/α,β-unsaturated/α-hetero) is 1. The van der Waals surface area contributed by atoms with Crippen LogP contribution in [0.3, 0.4) is 0 Å². The van der Waals surface area contributed by atoms with Crippen LogP contribution in [-0.2, 0) is 48.6 Å². The van der Waals surface area contributed by atoms with Crippen LogP contribution >= 0.6 is 7.75 Å². The van der Waals surface area contributed by atoms with Crippen molar-refractivity contribution in [2.24, 2.45) is 11.8 Å². The Bertz CT molecular complexity index is 1120. The van der Waals surface area contributed by atoms with Gasteiger partial charge in [0.1, 0.15) is 11.6 Å². The number of carbonyl (C=O) groups excluding carboxylic acids is 3. The molecule has 3 heterocycles. The zero-order valence-electron chi connectivity index (χ0n) is 25.9. The van der Waals surface area contributed by atoms with E-state index in [2.05, 4.69) is 9.99 Å². The van der Waals surface area contributed by atoms with Crippen LogP contribution in [0.1, 0.15) is 66.4 Å². The zero-order valence-corrected chi connectivity index (χ0v) is 26.8. The maximum atomic E-state index is 14.6. The topological polar surface area (TPSA) is 130 Å². The van der Waals surface area contributed by atoms with Gasteiger partial charge in [-0.3, -0.25) is 28.3 Å². The maximum absolute atomic E-state index is 14.6. The molecule has 3 aliphatic heterocycles. The van der Waals surface area contributed by atoms with Crippen LogP contribution in [-0.4, -0.2) is 79.5 Å². The van der Waals surface area contributed by atoms with E-state index in [-0.39, 0.29) is 43.8 Å². The number of nitrogens with zero attached hydrogens (tertiary/aromatic N) is 1. The van der Waals surface area contributed by atoms with Crippen molar-refractivity contribution in [3.63, 3.8) is 0 Å². The second kappa shape index (κ2) is 15.0. The first-order valence-electron chi connectivity index (χ1n) is 14.8. The Hall–Kier alpha value is -2.14. The average molecular weight is 611 g/mol. The Morgan fingerprint density at radius 3 is 2.38 bits per heavy atom. The van der Waals surface area contributed by atoms with Gasteiger partial charge in [0, 0.05) is 38.0 Å². The predicted molar refractivity (Wildman–Crippen MR) is 156 cm³/mol. The number of hydrogen-bond donors (Lipinski definition) is 1. The minimum absolute atomic E-state index is 0.0295. The fourth-order valence-electron chi connectivity index (χ4n) is 5.61. The number of rotatable bonds is 16. The van der Waals surface area contributed by atoms with Crippen LogP contribution in [0.15, 0.2) is 30.3 Å². The van der Waals surface area contributed by atoms with Gasteiger partial charge in [0.2, 0.25) is 6.29 Å². The third-order valence-electron chi connectivity index (χ3n) is 7.67. The zero-order chi connectivity index (χ0) is 31.1. The van der Waals surface area contributed by atoms with Gasteiger partial charge in [-0.2, -0.15) is 0 Å². The molecule has 3 saturated heterocycles. The molecule has 0 aliphatic carbocycles. The average Bonchev–Trinajstić information content (AvgIpc) is 2.94. The highest BCUT2D eigenvalue weighted by Crippen LogP contribution is 2.50. The van der Waals surface area contributed by atoms with Crippen molar-refractivity contribution in [1.82, 2.24) is 9.99 Å². The number of nitrogens with one attached hydrogen (secondary N) is 1. The Kier molecular flexibility index (Phi) is 12.3. The summed E-state index contributed by atoms with van der Waals surface area (Å²) in [5.41, 5.74) is -0.396. The van der Waals surface area contributed by atoms with Crippen molar-refractivity contribution >= 4 is 25.5 Å². The molecule has 3 fully saturated rings. The number of ether oxygens (including phenoxy) is 3. The van der Waals surface area contributed by atoms with Gasteiger partial charge in [-0.15, -0.1) is 0 Å². The summed E-state index contributed by atoms with van der Waals surface area (Å²) < 4.78 is 43.2. The molecule has 0 aromatic heterocycles. The van der Waals surface area contributed by atoms with E-state index in [1.165, 1.54) is 7.11 Å². The van der Waals surface area contributed by atoms with E-state index in [0.717, 1.165) is 18.4 Å². The van der Waals surface area contributed by atoms with Gasteiger partial charge in [0.05, 0.1) is 19.3 Å². The highest BCUT2D eigenvalue weighted by molar-refractivity contribution is 7.51. The molecule has 7 atom stereocenters. The fourth-order valence-corrected chi connectivity index (χ4v) is 7.33. The Labute approximate surface area is 249 Å². The van der Waals surface area contributed by atoms with Crippen molar-refractivity contribution < 1.29 is 42.2 Å². The van der Waals surface area contributed by atoms with Crippen molar-refractivity contribution in [3.8, 4) is 0 Å². The van der Waals surface area contributed by atoms with Crippen LogP contribution in [0.2, 0.25) is 0 Å². The Balaban J connectivity index is 1.98. The lowest BCUT2D eigenvalue weighted by molar-refractivity contribution is -0.173. The number of hydrogen-bond acceptors (Lipinski definition) is 10. The van der Waals surface area contributed by atoms with Gasteiger partial charge in [-0.05, 0) is 45.6 Å². The van der Waals surface area contributed by atoms with Gasteiger partial charge in [-0.25, -0.2) is 9.65 Å². The van der Waals surface area contributed by atoms with E-state index in [0.29, 0.717) is 6.54 Å². The molecule has 12 heteroatoms. The minimum atomic E-state index is -4.45. The number of benzene rings is 1. The molecular weight excluding hydrogens is 563 g/mol. The van der Waals surface area contributed by atoms with E-state index in [4.69, 9.17) is 23.3 Å². The summed E-state index contributed by atoms with van der Waals surface area (Å²) in [4.78, 5) is 41.2. The molecule has 42 heavy (non-hydrogen) atoms. The minimum Gasteiger partial charge on any atom is -0.462 e. The molecule has 1 N–H and O–H groups in total. The largest absolute Gasteiger partial charge is 0.462 e. The van der Waals surface area contributed by atoms with Crippen LogP contribution in [0.5, 0.6) is 0 Å². The van der Waals surface area contributed by atoms with E-state index < -0.39 is 49.6 Å². The molecule has 0 spiro atoms. The number of ketones is 1. The third kappa shape index (κ3) is 8.49.